The zero-order valence-corrected chi connectivity index (χ0v) is 15.7. The Bertz CT molecular complexity index is 1040. The highest BCUT2D eigenvalue weighted by atomic mass is 16.2. The molecule has 2 aromatic carbocycles. The van der Waals surface area contributed by atoms with Crippen molar-refractivity contribution in [3.8, 4) is 0 Å². The minimum absolute atomic E-state index is 0.0759. The molecular weight excluding hydrogens is 350 g/mol. The number of nitrogens with zero attached hydrogens (tertiary/aromatic N) is 2. The summed E-state index contributed by atoms with van der Waals surface area (Å²) < 4.78 is 0. The lowest BCUT2D eigenvalue weighted by molar-refractivity contribution is -0.136. The molecule has 0 saturated carbocycles. The number of likely N-dealkylation sites (tertiary alicyclic amines) is 1. The summed E-state index contributed by atoms with van der Waals surface area (Å²) in [5.41, 5.74) is 4.69. The normalized spacial score (nSPS) is 19.3. The van der Waals surface area contributed by atoms with Crippen molar-refractivity contribution in [1.82, 2.24) is 14.8 Å². The highest BCUT2D eigenvalue weighted by molar-refractivity contribution is 5.90. The molecule has 28 heavy (non-hydrogen) atoms. The predicted octanol–water partition coefficient (Wildman–Crippen LogP) is 3.10. The van der Waals surface area contributed by atoms with E-state index in [-0.39, 0.29) is 17.7 Å². The SMILES string of the molecule is O=C1CC(C(=O)N2CCc3[nH]c4ccccc4c3C2)CN1Cc1ccccc1. The molecule has 2 aliphatic rings. The van der Waals surface area contributed by atoms with Crippen molar-refractivity contribution >= 4 is 22.7 Å². The third-order valence-electron chi connectivity index (χ3n) is 5.97. The molecule has 1 saturated heterocycles. The van der Waals surface area contributed by atoms with Gasteiger partial charge in [0.05, 0.1) is 5.92 Å². The number of amides is 2. The van der Waals surface area contributed by atoms with Gasteiger partial charge < -0.3 is 14.8 Å². The zero-order valence-electron chi connectivity index (χ0n) is 15.7. The molecule has 5 heteroatoms. The molecule has 0 radical (unpaired) electrons. The van der Waals surface area contributed by atoms with Crippen molar-refractivity contribution in [2.45, 2.75) is 25.9 Å². The molecule has 0 spiro atoms. The summed E-state index contributed by atoms with van der Waals surface area (Å²) in [5, 5.41) is 1.20. The number of H-pyrrole nitrogens is 1. The van der Waals surface area contributed by atoms with Gasteiger partial charge in [-0.1, -0.05) is 48.5 Å². The lowest BCUT2D eigenvalue weighted by Gasteiger charge is -2.29. The molecule has 0 aliphatic carbocycles. The molecular formula is C23H23N3O2. The summed E-state index contributed by atoms with van der Waals surface area (Å²) in [6.45, 7) is 2.43. The van der Waals surface area contributed by atoms with Crippen LogP contribution in [0.4, 0.5) is 0 Å². The molecule has 3 heterocycles. The molecule has 1 atom stereocenters. The Morgan fingerprint density at radius 3 is 2.71 bits per heavy atom. The van der Waals surface area contributed by atoms with E-state index in [1.54, 1.807) is 0 Å². The molecule has 2 aliphatic heterocycles. The molecule has 142 valence electrons. The molecule has 2 amide bonds. The van der Waals surface area contributed by atoms with E-state index < -0.39 is 0 Å². The van der Waals surface area contributed by atoms with E-state index in [4.69, 9.17) is 0 Å². The Labute approximate surface area is 163 Å². The maximum absolute atomic E-state index is 13.1. The van der Waals surface area contributed by atoms with Crippen LogP contribution in [0, 0.1) is 5.92 Å². The second-order valence-electron chi connectivity index (χ2n) is 7.80. The summed E-state index contributed by atoms with van der Waals surface area (Å²) in [5.74, 6) is -0.0465. The fraction of sp³-hybridized carbons (Fsp3) is 0.304. The number of para-hydroxylation sites is 1. The van der Waals surface area contributed by atoms with Crippen molar-refractivity contribution in [2.24, 2.45) is 5.92 Å². The number of nitrogens with one attached hydrogen (secondary N) is 1. The van der Waals surface area contributed by atoms with Gasteiger partial charge in [0, 0.05) is 61.2 Å². The minimum Gasteiger partial charge on any atom is -0.358 e. The second kappa shape index (κ2) is 6.82. The summed E-state index contributed by atoms with van der Waals surface area (Å²) in [6, 6.07) is 18.2. The van der Waals surface area contributed by atoms with Crippen LogP contribution < -0.4 is 0 Å². The van der Waals surface area contributed by atoms with E-state index in [1.807, 2.05) is 52.3 Å². The zero-order chi connectivity index (χ0) is 19.1. The van der Waals surface area contributed by atoms with E-state index >= 15 is 0 Å². The van der Waals surface area contributed by atoms with Crippen molar-refractivity contribution in [3.05, 3.63) is 71.4 Å². The molecule has 5 nitrogen and oxygen atoms in total. The first-order chi connectivity index (χ1) is 13.7. The fourth-order valence-corrected chi connectivity index (χ4v) is 4.51. The van der Waals surface area contributed by atoms with Gasteiger partial charge in [-0.15, -0.1) is 0 Å². The molecule has 3 aromatic rings. The molecule has 5 rings (SSSR count). The highest BCUT2D eigenvalue weighted by Crippen LogP contribution is 2.30. The van der Waals surface area contributed by atoms with Crippen molar-refractivity contribution in [1.29, 1.82) is 0 Å². The Hall–Kier alpha value is -3.08. The summed E-state index contributed by atoms with van der Waals surface area (Å²) >= 11 is 0. The second-order valence-corrected chi connectivity index (χ2v) is 7.80. The molecule has 1 fully saturated rings. The molecule has 1 aromatic heterocycles. The number of benzene rings is 2. The summed E-state index contributed by atoms with van der Waals surface area (Å²) in [4.78, 5) is 32.8. The number of rotatable bonds is 3. The quantitative estimate of drug-likeness (QED) is 0.767. The number of hydrogen-bond acceptors (Lipinski definition) is 2. The molecule has 1 N–H and O–H groups in total. The van der Waals surface area contributed by atoms with Gasteiger partial charge in [0.15, 0.2) is 0 Å². The van der Waals surface area contributed by atoms with Gasteiger partial charge in [-0.25, -0.2) is 0 Å². The fourth-order valence-electron chi connectivity index (χ4n) is 4.51. The standard InChI is InChI=1S/C23H23N3O2/c27-22-12-17(14-26(22)13-16-6-2-1-3-7-16)23(28)25-11-10-21-19(15-25)18-8-4-5-9-20(18)24-21/h1-9,17,24H,10-15H2. The van der Waals surface area contributed by atoms with Gasteiger partial charge in [-0.2, -0.15) is 0 Å². The summed E-state index contributed by atoms with van der Waals surface area (Å²) in [7, 11) is 0. The number of carbonyl (C=O) groups excluding carboxylic acids is 2. The Morgan fingerprint density at radius 2 is 1.86 bits per heavy atom. The van der Waals surface area contributed by atoms with Crippen LogP contribution >= 0.6 is 0 Å². The first kappa shape index (κ1) is 17.0. The van der Waals surface area contributed by atoms with Crippen molar-refractivity contribution < 1.29 is 9.59 Å². The summed E-state index contributed by atoms with van der Waals surface area (Å²) in [6.07, 6.45) is 1.16. The van der Waals surface area contributed by atoms with Crippen LogP contribution in [0.2, 0.25) is 0 Å². The van der Waals surface area contributed by atoms with Crippen LogP contribution in [0.5, 0.6) is 0 Å². The van der Waals surface area contributed by atoms with Gasteiger partial charge in [-0.05, 0) is 11.6 Å². The van der Waals surface area contributed by atoms with Crippen LogP contribution in [-0.4, -0.2) is 39.7 Å². The highest BCUT2D eigenvalue weighted by Gasteiger charge is 2.37. The largest absolute Gasteiger partial charge is 0.358 e. The molecule has 1 unspecified atom stereocenters. The van der Waals surface area contributed by atoms with Crippen LogP contribution in [0.25, 0.3) is 10.9 Å². The Morgan fingerprint density at radius 1 is 1.07 bits per heavy atom. The number of aromatic amines is 1. The number of hydrogen-bond donors (Lipinski definition) is 1. The van der Waals surface area contributed by atoms with Gasteiger partial charge in [-0.3, -0.25) is 9.59 Å². The lowest BCUT2D eigenvalue weighted by Crippen LogP contribution is -2.40. The van der Waals surface area contributed by atoms with Crippen LogP contribution in [0.3, 0.4) is 0 Å². The average molecular weight is 373 g/mol. The topological polar surface area (TPSA) is 56.4 Å². The third kappa shape index (κ3) is 2.97. The van der Waals surface area contributed by atoms with E-state index in [1.165, 1.54) is 16.6 Å². The van der Waals surface area contributed by atoms with Crippen LogP contribution in [0.1, 0.15) is 23.2 Å². The van der Waals surface area contributed by atoms with Gasteiger partial charge in [0.1, 0.15) is 0 Å². The number of carbonyl (C=O) groups is 2. The van der Waals surface area contributed by atoms with Crippen LogP contribution in [-0.2, 0) is 29.1 Å². The van der Waals surface area contributed by atoms with Gasteiger partial charge >= 0.3 is 0 Å². The van der Waals surface area contributed by atoms with E-state index in [0.717, 1.165) is 17.5 Å². The van der Waals surface area contributed by atoms with E-state index in [2.05, 4.69) is 17.1 Å². The number of fused-ring (bicyclic) bond motifs is 3. The number of aromatic nitrogens is 1. The van der Waals surface area contributed by atoms with E-state index in [9.17, 15) is 9.59 Å². The third-order valence-corrected chi connectivity index (χ3v) is 5.97. The van der Waals surface area contributed by atoms with E-state index in [0.29, 0.717) is 32.6 Å². The van der Waals surface area contributed by atoms with Crippen molar-refractivity contribution in [3.63, 3.8) is 0 Å². The predicted molar refractivity (Wildman–Crippen MR) is 107 cm³/mol. The molecule has 0 bridgehead atoms. The van der Waals surface area contributed by atoms with Crippen LogP contribution in [0.15, 0.2) is 54.6 Å². The monoisotopic (exact) mass is 373 g/mol. The van der Waals surface area contributed by atoms with Gasteiger partial charge in [0.25, 0.3) is 0 Å². The van der Waals surface area contributed by atoms with Gasteiger partial charge in [0.2, 0.25) is 11.8 Å². The smallest absolute Gasteiger partial charge is 0.228 e. The Kier molecular flexibility index (Phi) is 4.15. The van der Waals surface area contributed by atoms with Crippen molar-refractivity contribution in [2.75, 3.05) is 13.1 Å². The average Bonchev–Trinajstić information content (AvgIpc) is 3.28. The Balaban J connectivity index is 1.30. The first-order valence-corrected chi connectivity index (χ1v) is 9.88. The first-order valence-electron chi connectivity index (χ1n) is 9.88. The maximum atomic E-state index is 13.1. The lowest BCUT2D eigenvalue weighted by atomic mass is 10.0. The minimum atomic E-state index is -0.233. The maximum Gasteiger partial charge on any atom is 0.228 e.